The minimum Gasteiger partial charge on any atom is -0.477 e. The highest BCUT2D eigenvalue weighted by molar-refractivity contribution is 7.91. The third-order valence-electron chi connectivity index (χ3n) is 4.66. The lowest BCUT2D eigenvalue weighted by atomic mass is 10.0. The van der Waals surface area contributed by atoms with E-state index < -0.39 is 43.4 Å². The van der Waals surface area contributed by atoms with Crippen LogP contribution in [0.1, 0.15) is 16.4 Å². The highest BCUT2D eigenvalue weighted by Crippen LogP contribution is 2.40. The predicted octanol–water partition coefficient (Wildman–Crippen LogP) is 4.04. The number of aliphatic carboxylic acids is 1. The van der Waals surface area contributed by atoms with Crippen molar-refractivity contribution < 1.29 is 36.2 Å². The zero-order chi connectivity index (χ0) is 23.6. The number of para-hydroxylation sites is 1. The minimum absolute atomic E-state index is 0.0300. The first-order chi connectivity index (χ1) is 15.0. The maximum Gasteiger partial charge on any atom is 0.416 e. The molecular weight excluding hydrogens is 447 g/mol. The Kier molecular flexibility index (Phi) is 6.29. The fourth-order valence-electron chi connectivity index (χ4n) is 3.16. The van der Waals surface area contributed by atoms with Crippen molar-refractivity contribution >= 4 is 15.8 Å². The van der Waals surface area contributed by atoms with Crippen molar-refractivity contribution in [3.05, 3.63) is 96.1 Å². The summed E-state index contributed by atoms with van der Waals surface area (Å²) >= 11 is 0. The van der Waals surface area contributed by atoms with Gasteiger partial charge >= 0.3 is 12.1 Å². The Labute approximate surface area is 182 Å². The highest BCUT2D eigenvalue weighted by Gasteiger charge is 2.53. The summed E-state index contributed by atoms with van der Waals surface area (Å²) in [4.78, 5) is 11.5. The van der Waals surface area contributed by atoms with E-state index in [4.69, 9.17) is 10.5 Å². The Balaban J connectivity index is 2.23. The van der Waals surface area contributed by atoms with Gasteiger partial charge in [0.1, 0.15) is 5.75 Å². The third kappa shape index (κ3) is 4.61. The number of nitrogens with two attached hydrogens (primary N) is 1. The predicted molar refractivity (Wildman–Crippen MR) is 109 cm³/mol. The van der Waals surface area contributed by atoms with Gasteiger partial charge in [-0.25, -0.2) is 13.2 Å². The summed E-state index contributed by atoms with van der Waals surface area (Å²) in [5.41, 5.74) is 1.94. The Morgan fingerprint density at radius 2 is 1.47 bits per heavy atom. The van der Waals surface area contributed by atoms with Gasteiger partial charge in [-0.1, -0.05) is 54.6 Å². The first-order valence-electron chi connectivity index (χ1n) is 9.18. The summed E-state index contributed by atoms with van der Waals surface area (Å²) in [6.07, 6.45) is -4.80. The molecule has 0 saturated heterocycles. The Morgan fingerprint density at radius 1 is 0.906 bits per heavy atom. The van der Waals surface area contributed by atoms with Crippen LogP contribution in [0.2, 0.25) is 0 Å². The van der Waals surface area contributed by atoms with Crippen LogP contribution in [0.15, 0.2) is 89.8 Å². The summed E-state index contributed by atoms with van der Waals surface area (Å²) in [7, 11) is -4.79. The number of hydrogen-bond acceptors (Lipinski definition) is 5. The fraction of sp³-hybridized carbons (Fsp3) is 0.136. The van der Waals surface area contributed by atoms with Crippen molar-refractivity contribution in [1.29, 1.82) is 0 Å². The maximum atomic E-state index is 13.6. The standard InChI is InChI=1S/C22H18F3NO5S/c23-22(24,25)16-10-7-13-18(14-16)32(29,30)19(15-8-3-1-4-9-15)21(26,20(27)28)31-17-11-5-2-6-12-17/h1-14,19H,26H2,(H,27,28). The van der Waals surface area contributed by atoms with Crippen LogP contribution >= 0.6 is 0 Å². The molecule has 0 amide bonds. The van der Waals surface area contributed by atoms with E-state index in [1.54, 1.807) is 12.1 Å². The number of alkyl halides is 3. The van der Waals surface area contributed by atoms with E-state index in [0.717, 1.165) is 12.1 Å². The molecule has 6 nitrogen and oxygen atoms in total. The summed E-state index contributed by atoms with van der Waals surface area (Å²) in [6.45, 7) is 0. The van der Waals surface area contributed by atoms with Crippen LogP contribution in [0.5, 0.6) is 5.75 Å². The molecule has 0 aliphatic rings. The molecule has 0 spiro atoms. The van der Waals surface area contributed by atoms with E-state index in [9.17, 15) is 31.5 Å². The lowest BCUT2D eigenvalue weighted by Crippen LogP contribution is -2.59. The third-order valence-corrected chi connectivity index (χ3v) is 6.81. The largest absolute Gasteiger partial charge is 0.477 e. The molecule has 0 radical (unpaired) electrons. The Hall–Kier alpha value is -3.37. The molecule has 32 heavy (non-hydrogen) atoms. The summed E-state index contributed by atoms with van der Waals surface area (Å²) in [5.74, 6) is -1.84. The topological polar surface area (TPSA) is 107 Å². The van der Waals surface area contributed by atoms with Gasteiger partial charge in [-0.3, -0.25) is 5.73 Å². The number of sulfone groups is 1. The quantitative estimate of drug-likeness (QED) is 0.510. The number of carboxylic acids is 1. The molecule has 0 saturated carbocycles. The Bertz CT molecular complexity index is 1200. The van der Waals surface area contributed by atoms with Crippen molar-refractivity contribution in [3.8, 4) is 5.75 Å². The van der Waals surface area contributed by atoms with E-state index in [2.05, 4.69) is 0 Å². The van der Waals surface area contributed by atoms with Gasteiger partial charge in [0.15, 0.2) is 15.1 Å². The van der Waals surface area contributed by atoms with Crippen LogP contribution in [0, 0.1) is 0 Å². The first kappa shape index (κ1) is 23.3. The molecule has 0 bridgehead atoms. The number of halogens is 3. The van der Waals surface area contributed by atoms with Crippen LogP contribution < -0.4 is 10.5 Å². The van der Waals surface area contributed by atoms with Gasteiger partial charge in [-0.2, -0.15) is 13.2 Å². The fourth-order valence-corrected chi connectivity index (χ4v) is 5.12. The second kappa shape index (κ2) is 8.64. The molecule has 3 aromatic rings. The first-order valence-corrected chi connectivity index (χ1v) is 10.7. The van der Waals surface area contributed by atoms with Gasteiger partial charge < -0.3 is 9.84 Å². The zero-order valence-corrected chi connectivity index (χ0v) is 17.2. The van der Waals surface area contributed by atoms with Crippen molar-refractivity contribution in [2.75, 3.05) is 0 Å². The number of carboxylic acid groups (broad SMARTS) is 1. The summed E-state index contributed by atoms with van der Waals surface area (Å²) in [6, 6.07) is 17.6. The molecule has 3 N–H and O–H groups in total. The molecule has 2 atom stereocenters. The minimum atomic E-state index is -4.80. The lowest BCUT2D eigenvalue weighted by Gasteiger charge is -2.34. The van der Waals surface area contributed by atoms with Gasteiger partial charge in [0, 0.05) is 0 Å². The smallest absolute Gasteiger partial charge is 0.416 e. The van der Waals surface area contributed by atoms with E-state index in [-0.39, 0.29) is 11.3 Å². The molecule has 2 unspecified atom stereocenters. The average Bonchev–Trinajstić information content (AvgIpc) is 2.74. The van der Waals surface area contributed by atoms with Gasteiger partial charge in [0.2, 0.25) is 0 Å². The molecular formula is C22H18F3NO5S. The molecule has 0 heterocycles. The molecule has 0 fully saturated rings. The molecule has 3 rings (SSSR count). The summed E-state index contributed by atoms with van der Waals surface area (Å²) in [5, 5.41) is 7.85. The summed E-state index contributed by atoms with van der Waals surface area (Å²) < 4.78 is 72.2. The average molecular weight is 465 g/mol. The van der Waals surface area contributed by atoms with E-state index >= 15 is 0 Å². The van der Waals surface area contributed by atoms with Crippen LogP contribution in [-0.4, -0.2) is 25.2 Å². The van der Waals surface area contributed by atoms with Crippen LogP contribution in [0.25, 0.3) is 0 Å². The Morgan fingerprint density at radius 3 is 2.00 bits per heavy atom. The van der Waals surface area contributed by atoms with Gasteiger partial charge in [0.25, 0.3) is 5.72 Å². The van der Waals surface area contributed by atoms with Crippen LogP contribution in [0.3, 0.4) is 0 Å². The van der Waals surface area contributed by atoms with E-state index in [1.807, 2.05) is 0 Å². The zero-order valence-electron chi connectivity index (χ0n) is 16.4. The van der Waals surface area contributed by atoms with Crippen LogP contribution in [-0.2, 0) is 20.8 Å². The van der Waals surface area contributed by atoms with Crippen molar-refractivity contribution in [1.82, 2.24) is 0 Å². The highest BCUT2D eigenvalue weighted by atomic mass is 32.2. The molecule has 0 aromatic heterocycles. The second-order valence-electron chi connectivity index (χ2n) is 6.87. The van der Waals surface area contributed by atoms with Crippen LogP contribution in [0.4, 0.5) is 13.2 Å². The van der Waals surface area contributed by atoms with Gasteiger partial charge in [-0.05, 0) is 35.9 Å². The van der Waals surface area contributed by atoms with Crippen molar-refractivity contribution in [2.24, 2.45) is 5.73 Å². The van der Waals surface area contributed by atoms with E-state index in [0.29, 0.717) is 12.1 Å². The van der Waals surface area contributed by atoms with Gasteiger partial charge in [-0.15, -0.1) is 0 Å². The van der Waals surface area contributed by atoms with Crippen molar-refractivity contribution in [2.45, 2.75) is 22.0 Å². The number of hydrogen-bond donors (Lipinski definition) is 2. The number of rotatable bonds is 7. The molecule has 0 aliphatic carbocycles. The molecule has 3 aromatic carbocycles. The number of carbonyl (C=O) groups is 1. The monoisotopic (exact) mass is 465 g/mol. The van der Waals surface area contributed by atoms with E-state index in [1.165, 1.54) is 48.5 Å². The van der Waals surface area contributed by atoms with Crippen molar-refractivity contribution in [3.63, 3.8) is 0 Å². The molecule has 0 aliphatic heterocycles. The molecule has 10 heteroatoms. The normalized spacial score (nSPS) is 14.9. The number of ether oxygens (including phenoxy) is 1. The second-order valence-corrected chi connectivity index (χ2v) is 8.91. The SMILES string of the molecule is NC(Oc1ccccc1)(C(=O)O)C(c1ccccc1)S(=O)(=O)c1cccc(C(F)(F)F)c1. The maximum absolute atomic E-state index is 13.6. The lowest BCUT2D eigenvalue weighted by molar-refractivity contribution is -0.155. The number of benzene rings is 3. The van der Waals surface area contributed by atoms with Gasteiger partial charge in [0.05, 0.1) is 10.5 Å². The molecule has 168 valence electrons.